The maximum absolute atomic E-state index is 11.2. The standard InChI is InChI=1S/C23H20N2O3S/c1-16-6-5-11-25(15-16)21(23(29)24-18-7-3-2-4-8-18)22(26)17-9-10-19-20(14-17)28-13-12-27-19/h2-11,14-15H,12-13H2,1H3,(H-,24,26,29)/p+1. The van der Waals surface area contributed by atoms with Crippen molar-refractivity contribution in [2.75, 3.05) is 18.5 Å². The Hall–Kier alpha value is -3.38. The second-order valence-electron chi connectivity index (χ2n) is 6.66. The van der Waals surface area contributed by atoms with E-state index >= 15 is 0 Å². The first-order valence-electron chi connectivity index (χ1n) is 9.30. The molecule has 0 saturated heterocycles. The van der Waals surface area contributed by atoms with Crippen LogP contribution in [0.4, 0.5) is 5.69 Å². The molecule has 0 aliphatic carbocycles. The van der Waals surface area contributed by atoms with Gasteiger partial charge in [0.25, 0.3) is 5.70 Å². The van der Waals surface area contributed by atoms with Crippen LogP contribution in [0.25, 0.3) is 11.5 Å². The van der Waals surface area contributed by atoms with Crippen molar-refractivity contribution in [3.05, 3.63) is 84.2 Å². The number of nitrogens with zero attached hydrogens (tertiary/aromatic N) is 1. The van der Waals surface area contributed by atoms with Crippen LogP contribution >= 0.6 is 12.2 Å². The van der Waals surface area contributed by atoms with E-state index in [2.05, 4.69) is 5.32 Å². The summed E-state index contributed by atoms with van der Waals surface area (Å²) in [6, 6.07) is 18.9. The van der Waals surface area contributed by atoms with Gasteiger partial charge in [0.1, 0.15) is 13.2 Å². The quantitative estimate of drug-likeness (QED) is 0.292. The van der Waals surface area contributed by atoms with E-state index in [1.165, 1.54) is 0 Å². The molecule has 0 amide bonds. The third-order valence-electron chi connectivity index (χ3n) is 4.49. The van der Waals surface area contributed by atoms with Gasteiger partial charge in [-0.25, -0.2) is 0 Å². The first-order valence-corrected chi connectivity index (χ1v) is 9.70. The third-order valence-corrected chi connectivity index (χ3v) is 4.79. The topological polar surface area (TPSA) is 54.6 Å². The van der Waals surface area contributed by atoms with Gasteiger partial charge in [-0.05, 0) is 43.3 Å². The molecule has 2 heterocycles. The van der Waals surface area contributed by atoms with Crippen molar-refractivity contribution in [3.63, 3.8) is 0 Å². The largest absolute Gasteiger partial charge is 0.502 e. The molecular formula is C23H21N2O3S+. The molecule has 2 N–H and O–H groups in total. The van der Waals surface area contributed by atoms with Crippen molar-refractivity contribution >= 4 is 34.3 Å². The average Bonchev–Trinajstić information content (AvgIpc) is 2.74. The number of pyridine rings is 1. The molecule has 1 aliphatic heterocycles. The zero-order valence-electron chi connectivity index (χ0n) is 16.0. The molecule has 3 aromatic rings. The SMILES string of the molecule is Cc1ccc[n+](C(C(=S)Nc2ccccc2)=C(O)c2ccc3c(c2)OCCO3)c1. The number of thiocarbonyl (C=S) groups is 1. The summed E-state index contributed by atoms with van der Waals surface area (Å²) >= 11 is 5.67. The molecule has 5 nitrogen and oxygen atoms in total. The van der Waals surface area contributed by atoms with E-state index in [1.54, 1.807) is 18.2 Å². The molecule has 6 heteroatoms. The molecule has 0 spiro atoms. The van der Waals surface area contributed by atoms with Crippen LogP contribution in [-0.2, 0) is 0 Å². The maximum atomic E-state index is 11.2. The van der Waals surface area contributed by atoms with Gasteiger partial charge in [0.15, 0.2) is 34.6 Å². The number of aliphatic hydroxyl groups is 1. The van der Waals surface area contributed by atoms with Crippen molar-refractivity contribution in [3.8, 4) is 11.5 Å². The van der Waals surface area contributed by atoms with Gasteiger partial charge in [-0.2, -0.15) is 4.57 Å². The lowest BCUT2D eigenvalue weighted by molar-refractivity contribution is -0.576. The fourth-order valence-corrected chi connectivity index (χ4v) is 3.44. The highest BCUT2D eigenvalue weighted by atomic mass is 32.1. The van der Waals surface area contributed by atoms with Crippen LogP contribution in [0.1, 0.15) is 11.1 Å². The van der Waals surface area contributed by atoms with Crippen LogP contribution in [0.3, 0.4) is 0 Å². The Morgan fingerprint density at radius 2 is 1.76 bits per heavy atom. The first kappa shape index (κ1) is 19.0. The molecule has 1 aliphatic rings. The van der Waals surface area contributed by atoms with Crippen LogP contribution in [-0.4, -0.2) is 23.3 Å². The second-order valence-corrected chi connectivity index (χ2v) is 7.07. The van der Waals surface area contributed by atoms with E-state index in [4.69, 9.17) is 21.7 Å². The van der Waals surface area contributed by atoms with Crippen LogP contribution in [0.15, 0.2) is 73.1 Å². The number of ether oxygens (including phenoxy) is 2. The Bertz CT molecular complexity index is 1080. The molecule has 0 atom stereocenters. The predicted molar refractivity (Wildman–Crippen MR) is 117 cm³/mol. The number of aromatic nitrogens is 1. The summed E-state index contributed by atoms with van der Waals surface area (Å²) in [6.07, 6.45) is 3.78. The van der Waals surface area contributed by atoms with Crippen molar-refractivity contribution < 1.29 is 19.1 Å². The lowest BCUT2D eigenvalue weighted by Crippen LogP contribution is -2.38. The number of rotatable bonds is 4. The van der Waals surface area contributed by atoms with E-state index in [0.717, 1.165) is 11.3 Å². The summed E-state index contributed by atoms with van der Waals surface area (Å²) in [5.74, 6) is 1.32. The number of hydrogen-bond donors (Lipinski definition) is 2. The Morgan fingerprint density at radius 3 is 2.52 bits per heavy atom. The maximum Gasteiger partial charge on any atom is 0.288 e. The van der Waals surface area contributed by atoms with Crippen molar-refractivity contribution in [2.45, 2.75) is 6.92 Å². The van der Waals surface area contributed by atoms with E-state index in [-0.39, 0.29) is 5.76 Å². The monoisotopic (exact) mass is 405 g/mol. The van der Waals surface area contributed by atoms with Gasteiger partial charge >= 0.3 is 0 Å². The number of hydrogen-bond acceptors (Lipinski definition) is 4. The number of benzene rings is 2. The second kappa shape index (κ2) is 8.32. The Balaban J connectivity index is 1.79. The zero-order valence-corrected chi connectivity index (χ0v) is 16.8. The number of anilines is 1. The molecule has 0 fully saturated rings. The van der Waals surface area contributed by atoms with E-state index < -0.39 is 0 Å². The van der Waals surface area contributed by atoms with Crippen molar-refractivity contribution in [1.82, 2.24) is 0 Å². The summed E-state index contributed by atoms with van der Waals surface area (Å²) in [5.41, 5.74) is 2.96. The van der Waals surface area contributed by atoms with Crippen LogP contribution in [0, 0.1) is 6.92 Å². The van der Waals surface area contributed by atoms with Gasteiger partial charge in [-0.15, -0.1) is 0 Å². The first-order chi connectivity index (χ1) is 14.1. The highest BCUT2D eigenvalue weighted by Gasteiger charge is 2.25. The third kappa shape index (κ3) is 4.22. The fourth-order valence-electron chi connectivity index (χ4n) is 3.12. The number of fused-ring (bicyclic) bond motifs is 1. The molecule has 0 unspecified atom stereocenters. The highest BCUT2D eigenvalue weighted by molar-refractivity contribution is 7.81. The van der Waals surface area contributed by atoms with Crippen LogP contribution in [0.2, 0.25) is 0 Å². The molecule has 4 rings (SSSR count). The summed E-state index contributed by atoms with van der Waals surface area (Å²) in [4.78, 5) is 0.402. The highest BCUT2D eigenvalue weighted by Crippen LogP contribution is 2.33. The molecule has 2 aromatic carbocycles. The van der Waals surface area contributed by atoms with Gasteiger partial charge in [0, 0.05) is 22.9 Å². The average molecular weight is 405 g/mol. The normalized spacial score (nSPS) is 13.4. The minimum atomic E-state index is 0.0472. The van der Waals surface area contributed by atoms with Crippen molar-refractivity contribution in [2.24, 2.45) is 0 Å². The number of aryl methyl sites for hydroxylation is 1. The Labute approximate surface area is 174 Å². The Kier molecular flexibility index (Phi) is 5.44. The molecule has 0 radical (unpaired) electrons. The van der Waals surface area contributed by atoms with Gasteiger partial charge in [-0.3, -0.25) is 0 Å². The predicted octanol–water partition coefficient (Wildman–Crippen LogP) is 4.38. The van der Waals surface area contributed by atoms with Crippen molar-refractivity contribution in [1.29, 1.82) is 0 Å². The minimum absolute atomic E-state index is 0.0472. The molecule has 1 aromatic heterocycles. The van der Waals surface area contributed by atoms with E-state index in [0.29, 0.717) is 41.0 Å². The smallest absolute Gasteiger partial charge is 0.288 e. The van der Waals surface area contributed by atoms with Crippen LogP contribution < -0.4 is 19.4 Å². The fraction of sp³-hybridized carbons (Fsp3) is 0.130. The summed E-state index contributed by atoms with van der Waals surface area (Å²) in [5, 5.41) is 14.4. The van der Waals surface area contributed by atoms with Gasteiger partial charge in [-0.1, -0.05) is 30.4 Å². The molecular weight excluding hydrogens is 384 g/mol. The summed E-state index contributed by atoms with van der Waals surface area (Å²) in [7, 11) is 0. The van der Waals surface area contributed by atoms with E-state index in [1.807, 2.05) is 66.3 Å². The zero-order chi connectivity index (χ0) is 20.2. The lowest BCUT2D eigenvalue weighted by Gasteiger charge is -2.19. The molecule has 0 bridgehead atoms. The number of aliphatic hydroxyl groups excluding tert-OH is 1. The number of nitrogens with one attached hydrogen (secondary N) is 1. The summed E-state index contributed by atoms with van der Waals surface area (Å²) in [6.45, 7) is 2.99. The Morgan fingerprint density at radius 1 is 1.00 bits per heavy atom. The van der Waals surface area contributed by atoms with Gasteiger partial charge in [0.2, 0.25) is 0 Å². The van der Waals surface area contributed by atoms with Gasteiger partial charge < -0.3 is 19.9 Å². The molecule has 146 valence electrons. The number of para-hydroxylation sites is 1. The minimum Gasteiger partial charge on any atom is -0.502 e. The molecule has 0 saturated carbocycles. The lowest BCUT2D eigenvalue weighted by atomic mass is 10.1. The van der Waals surface area contributed by atoms with E-state index in [9.17, 15) is 5.11 Å². The van der Waals surface area contributed by atoms with Gasteiger partial charge in [0.05, 0.1) is 0 Å². The van der Waals surface area contributed by atoms with Crippen LogP contribution in [0.5, 0.6) is 11.5 Å². The molecule has 29 heavy (non-hydrogen) atoms. The summed E-state index contributed by atoms with van der Waals surface area (Å²) < 4.78 is 13.1.